The molecule has 1 rings (SSSR count). The van der Waals surface area contributed by atoms with Gasteiger partial charge in [-0.25, -0.2) is 0 Å². The van der Waals surface area contributed by atoms with Gasteiger partial charge in [0.05, 0.1) is 12.2 Å². The maximum absolute atomic E-state index is 11.2. The zero-order chi connectivity index (χ0) is 13.8. The number of ether oxygens (including phenoxy) is 2. The molecule has 18 heavy (non-hydrogen) atoms. The number of hydrogen-bond acceptors (Lipinski definition) is 5. The fourth-order valence-corrected chi connectivity index (χ4v) is 2.17. The van der Waals surface area contributed by atoms with Crippen LogP contribution >= 0.6 is 0 Å². The minimum Gasteiger partial charge on any atom is -0.480 e. The number of carboxylic acids is 1. The fourth-order valence-electron chi connectivity index (χ4n) is 2.17. The molecule has 1 aliphatic rings. The highest BCUT2D eigenvalue weighted by atomic mass is 16.5. The van der Waals surface area contributed by atoms with E-state index in [1.807, 2.05) is 0 Å². The van der Waals surface area contributed by atoms with Crippen LogP contribution in [0.3, 0.4) is 0 Å². The van der Waals surface area contributed by atoms with Crippen LogP contribution in [0.2, 0.25) is 0 Å². The molecule has 1 heterocycles. The van der Waals surface area contributed by atoms with E-state index in [9.17, 15) is 9.90 Å². The maximum atomic E-state index is 11.2. The summed E-state index contributed by atoms with van der Waals surface area (Å²) in [6.45, 7) is 3.99. The third-order valence-corrected chi connectivity index (χ3v) is 3.85. The summed E-state index contributed by atoms with van der Waals surface area (Å²) in [7, 11) is 5.03. The van der Waals surface area contributed by atoms with Gasteiger partial charge in [-0.1, -0.05) is 0 Å². The summed E-state index contributed by atoms with van der Waals surface area (Å²) < 4.78 is 10.7. The molecule has 1 saturated heterocycles. The van der Waals surface area contributed by atoms with Crippen molar-refractivity contribution < 1.29 is 19.4 Å². The average Bonchev–Trinajstić information content (AvgIpc) is 2.78. The zero-order valence-electron chi connectivity index (χ0n) is 11.6. The minimum absolute atomic E-state index is 0.0701. The average molecular weight is 260 g/mol. The molecule has 0 aromatic carbocycles. The molecular formula is C12H24N2O4. The van der Waals surface area contributed by atoms with E-state index >= 15 is 0 Å². The van der Waals surface area contributed by atoms with Crippen LogP contribution in [-0.4, -0.2) is 74.6 Å². The number of likely N-dealkylation sites (tertiary alicyclic amines) is 1. The Morgan fingerprint density at radius 1 is 1.39 bits per heavy atom. The second-order valence-electron chi connectivity index (χ2n) is 4.95. The summed E-state index contributed by atoms with van der Waals surface area (Å²) >= 11 is 0. The minimum atomic E-state index is -0.881. The Hall–Kier alpha value is -0.690. The largest absolute Gasteiger partial charge is 0.480 e. The van der Waals surface area contributed by atoms with E-state index in [1.54, 1.807) is 28.2 Å². The molecule has 0 spiro atoms. The van der Waals surface area contributed by atoms with Crippen LogP contribution < -0.4 is 5.32 Å². The number of hydrogen-bond donors (Lipinski definition) is 2. The third kappa shape index (κ3) is 3.41. The lowest BCUT2D eigenvalue weighted by molar-refractivity contribution is -0.144. The van der Waals surface area contributed by atoms with Crippen LogP contribution in [0.5, 0.6) is 0 Å². The summed E-state index contributed by atoms with van der Waals surface area (Å²) in [5.41, 5.74) is -0.881. The molecule has 1 fully saturated rings. The summed E-state index contributed by atoms with van der Waals surface area (Å²) in [5, 5.41) is 12.0. The Balaban J connectivity index is 2.48. The van der Waals surface area contributed by atoms with Crippen molar-refractivity contribution in [3.05, 3.63) is 0 Å². The van der Waals surface area contributed by atoms with Crippen LogP contribution in [0.1, 0.15) is 13.3 Å². The molecule has 0 radical (unpaired) electrons. The molecule has 1 aliphatic heterocycles. The first-order valence-corrected chi connectivity index (χ1v) is 6.17. The first-order valence-electron chi connectivity index (χ1n) is 6.17. The van der Waals surface area contributed by atoms with Crippen molar-refractivity contribution in [2.45, 2.75) is 31.1 Å². The van der Waals surface area contributed by atoms with Gasteiger partial charge in [0.1, 0.15) is 5.54 Å². The number of nitrogens with one attached hydrogen (secondary N) is 1. The monoisotopic (exact) mass is 260 g/mol. The number of methoxy groups -OCH3 is 2. The number of nitrogens with zero attached hydrogens (tertiary/aromatic N) is 1. The lowest BCUT2D eigenvalue weighted by atomic mass is 9.98. The van der Waals surface area contributed by atoms with Crippen molar-refractivity contribution in [1.29, 1.82) is 0 Å². The first-order chi connectivity index (χ1) is 8.46. The number of aliphatic carboxylic acids is 1. The van der Waals surface area contributed by atoms with Gasteiger partial charge in [-0.2, -0.15) is 0 Å². The van der Waals surface area contributed by atoms with Crippen molar-refractivity contribution in [2.75, 3.05) is 40.9 Å². The lowest BCUT2D eigenvalue weighted by Crippen LogP contribution is -2.49. The molecule has 0 aromatic heterocycles. The van der Waals surface area contributed by atoms with Crippen molar-refractivity contribution in [3.8, 4) is 0 Å². The number of likely N-dealkylation sites (N-methyl/N-ethyl adjacent to an activating group) is 1. The van der Waals surface area contributed by atoms with E-state index in [2.05, 4.69) is 10.2 Å². The predicted molar refractivity (Wildman–Crippen MR) is 67.8 cm³/mol. The van der Waals surface area contributed by atoms with Gasteiger partial charge in [0.2, 0.25) is 0 Å². The third-order valence-electron chi connectivity index (χ3n) is 3.85. The summed E-state index contributed by atoms with van der Waals surface area (Å²) in [6, 6.07) is 0. The van der Waals surface area contributed by atoms with Crippen molar-refractivity contribution >= 4 is 5.97 Å². The van der Waals surface area contributed by atoms with Crippen LogP contribution in [0.25, 0.3) is 0 Å². The van der Waals surface area contributed by atoms with Crippen molar-refractivity contribution in [1.82, 2.24) is 10.2 Å². The maximum Gasteiger partial charge on any atom is 0.323 e. The Bertz CT molecular complexity index is 275. The Morgan fingerprint density at radius 3 is 2.22 bits per heavy atom. The van der Waals surface area contributed by atoms with Crippen LogP contribution in [0, 0.1) is 0 Å². The molecule has 2 N–H and O–H groups in total. The lowest BCUT2D eigenvalue weighted by Gasteiger charge is -2.26. The Kier molecular flexibility index (Phi) is 5.52. The number of rotatable bonds is 7. The van der Waals surface area contributed by atoms with E-state index in [0.29, 0.717) is 13.0 Å². The van der Waals surface area contributed by atoms with Crippen LogP contribution in [0.4, 0.5) is 0 Å². The molecule has 3 atom stereocenters. The predicted octanol–water partition coefficient (Wildman–Crippen LogP) is -0.215. The summed E-state index contributed by atoms with van der Waals surface area (Å²) in [5.74, 6) is -0.823. The Labute approximate surface area is 108 Å². The SMILES string of the molecule is CNC(C)(CCN1CC(OC)C(OC)C1)C(=O)O. The molecular weight excluding hydrogens is 236 g/mol. The van der Waals surface area contributed by atoms with Crippen LogP contribution in [-0.2, 0) is 14.3 Å². The van der Waals surface area contributed by atoms with Crippen molar-refractivity contribution in [3.63, 3.8) is 0 Å². The zero-order valence-corrected chi connectivity index (χ0v) is 11.6. The highest BCUT2D eigenvalue weighted by Gasteiger charge is 2.36. The van der Waals surface area contributed by atoms with Crippen molar-refractivity contribution in [2.24, 2.45) is 0 Å². The summed E-state index contributed by atoms with van der Waals surface area (Å²) in [4.78, 5) is 13.3. The molecule has 6 heteroatoms. The molecule has 0 saturated carbocycles. The molecule has 0 aliphatic carbocycles. The van der Waals surface area contributed by atoms with E-state index in [-0.39, 0.29) is 12.2 Å². The molecule has 6 nitrogen and oxygen atoms in total. The smallest absolute Gasteiger partial charge is 0.323 e. The molecule has 0 bridgehead atoms. The number of carbonyl (C=O) groups is 1. The second kappa shape index (κ2) is 6.47. The van der Waals surface area contributed by atoms with E-state index in [4.69, 9.17) is 9.47 Å². The second-order valence-corrected chi connectivity index (χ2v) is 4.95. The van der Waals surface area contributed by atoms with Gasteiger partial charge in [0.15, 0.2) is 0 Å². The van der Waals surface area contributed by atoms with E-state index < -0.39 is 11.5 Å². The topological polar surface area (TPSA) is 71.0 Å². The van der Waals surface area contributed by atoms with Gasteiger partial charge in [-0.15, -0.1) is 0 Å². The van der Waals surface area contributed by atoms with Crippen LogP contribution in [0.15, 0.2) is 0 Å². The van der Waals surface area contributed by atoms with Gasteiger partial charge in [-0.3, -0.25) is 9.69 Å². The molecule has 3 unspecified atom stereocenters. The number of carboxylic acid groups (broad SMARTS) is 1. The molecule has 0 amide bonds. The van der Waals surface area contributed by atoms with Gasteiger partial charge in [0, 0.05) is 33.9 Å². The van der Waals surface area contributed by atoms with E-state index in [0.717, 1.165) is 13.1 Å². The highest BCUT2D eigenvalue weighted by molar-refractivity contribution is 5.78. The molecule has 0 aromatic rings. The quantitative estimate of drug-likeness (QED) is 0.660. The van der Waals surface area contributed by atoms with Gasteiger partial charge in [0.25, 0.3) is 0 Å². The standard InChI is InChI=1S/C12H24N2O4/c1-12(13-2,11(15)16)5-6-14-7-9(17-3)10(8-14)18-4/h9-10,13H,5-8H2,1-4H3,(H,15,16). The van der Waals surface area contributed by atoms with Gasteiger partial charge in [-0.05, 0) is 20.4 Å². The Morgan fingerprint density at radius 2 is 1.89 bits per heavy atom. The van der Waals surface area contributed by atoms with Gasteiger partial charge >= 0.3 is 5.97 Å². The van der Waals surface area contributed by atoms with E-state index in [1.165, 1.54) is 0 Å². The highest BCUT2D eigenvalue weighted by Crippen LogP contribution is 2.18. The van der Waals surface area contributed by atoms with Gasteiger partial charge < -0.3 is 19.9 Å². The summed E-state index contributed by atoms with van der Waals surface area (Å²) in [6.07, 6.45) is 0.687. The molecule has 106 valence electrons. The first kappa shape index (κ1) is 15.4. The normalized spacial score (nSPS) is 28.2. The fraction of sp³-hybridized carbons (Fsp3) is 0.917.